The Labute approximate surface area is 89.4 Å². The molecule has 0 aromatic carbocycles. The van der Waals surface area contributed by atoms with Crippen LogP contribution in [0.4, 0.5) is 0 Å². The van der Waals surface area contributed by atoms with Crippen LogP contribution in [-0.4, -0.2) is 32.2 Å². The average Bonchev–Trinajstić information content (AvgIpc) is 2.83. The molecule has 0 spiro atoms. The highest BCUT2D eigenvalue weighted by Crippen LogP contribution is 2.37. The largest absolute Gasteiger partial charge is 0.353 e. The highest BCUT2D eigenvalue weighted by Gasteiger charge is 2.43. The summed E-state index contributed by atoms with van der Waals surface area (Å²) in [5.41, 5.74) is 4.93. The summed E-state index contributed by atoms with van der Waals surface area (Å²) in [5.74, 6) is -0.361. The quantitative estimate of drug-likeness (QED) is 0.539. The molecule has 88 valence electrons. The standard InChI is InChI=1S/C8H17N3O3S/c1-8(9,6-2-3-6)7(12)11-4-5-15(10,13)14/h6H,2-5,9H2,1H3,(H,11,12)(H2,10,13,14). The van der Waals surface area contributed by atoms with Crippen LogP contribution in [0, 0.1) is 5.92 Å². The van der Waals surface area contributed by atoms with Crippen molar-refractivity contribution in [2.75, 3.05) is 12.3 Å². The summed E-state index contributed by atoms with van der Waals surface area (Å²) in [5, 5.41) is 7.27. The smallest absolute Gasteiger partial charge is 0.240 e. The number of carbonyl (C=O) groups is 1. The Bertz CT molecular complexity index is 346. The van der Waals surface area contributed by atoms with E-state index in [9.17, 15) is 13.2 Å². The van der Waals surface area contributed by atoms with Crippen molar-refractivity contribution in [3.63, 3.8) is 0 Å². The molecule has 1 atom stereocenters. The fourth-order valence-electron chi connectivity index (χ4n) is 1.37. The van der Waals surface area contributed by atoms with Gasteiger partial charge in [0.05, 0.1) is 11.3 Å². The number of primary sulfonamides is 1. The number of hydrogen-bond acceptors (Lipinski definition) is 4. The first-order valence-corrected chi connectivity index (χ1v) is 6.52. The van der Waals surface area contributed by atoms with Crippen LogP contribution in [0.2, 0.25) is 0 Å². The van der Waals surface area contributed by atoms with Crippen molar-refractivity contribution < 1.29 is 13.2 Å². The van der Waals surface area contributed by atoms with E-state index in [-0.39, 0.29) is 24.1 Å². The molecule has 1 amide bonds. The summed E-state index contributed by atoms with van der Waals surface area (Å²) in [4.78, 5) is 11.6. The van der Waals surface area contributed by atoms with E-state index in [1.165, 1.54) is 0 Å². The lowest BCUT2D eigenvalue weighted by atomic mass is 9.96. The molecule has 0 heterocycles. The summed E-state index contributed by atoms with van der Waals surface area (Å²) >= 11 is 0. The Kier molecular flexibility index (Phi) is 3.37. The summed E-state index contributed by atoms with van der Waals surface area (Å²) < 4.78 is 21.2. The summed E-state index contributed by atoms with van der Waals surface area (Å²) in [7, 11) is -3.53. The van der Waals surface area contributed by atoms with Crippen LogP contribution in [0.15, 0.2) is 0 Å². The van der Waals surface area contributed by atoms with Gasteiger partial charge in [0, 0.05) is 6.54 Å². The Morgan fingerprint density at radius 3 is 2.47 bits per heavy atom. The molecular formula is C8H17N3O3S. The Hall–Kier alpha value is -0.660. The molecule has 0 saturated heterocycles. The first-order chi connectivity index (χ1) is 6.73. The minimum Gasteiger partial charge on any atom is -0.353 e. The first kappa shape index (κ1) is 12.4. The Balaban J connectivity index is 2.36. The van der Waals surface area contributed by atoms with Crippen molar-refractivity contribution in [2.45, 2.75) is 25.3 Å². The van der Waals surface area contributed by atoms with Crippen molar-refractivity contribution in [3.8, 4) is 0 Å². The maximum absolute atomic E-state index is 11.6. The second-order valence-electron chi connectivity index (χ2n) is 4.18. The molecule has 0 aromatic rings. The minimum absolute atomic E-state index is 0.0111. The third-order valence-electron chi connectivity index (χ3n) is 2.59. The van der Waals surface area contributed by atoms with Gasteiger partial charge >= 0.3 is 0 Å². The van der Waals surface area contributed by atoms with Gasteiger partial charge in [-0.1, -0.05) is 0 Å². The van der Waals surface area contributed by atoms with Gasteiger partial charge in [-0.25, -0.2) is 13.6 Å². The maximum Gasteiger partial charge on any atom is 0.240 e. The number of carbonyl (C=O) groups excluding carboxylic acids is 1. The van der Waals surface area contributed by atoms with Crippen molar-refractivity contribution in [3.05, 3.63) is 0 Å². The van der Waals surface area contributed by atoms with Gasteiger partial charge in [-0.2, -0.15) is 0 Å². The second kappa shape index (κ2) is 4.07. The average molecular weight is 235 g/mol. The van der Waals surface area contributed by atoms with Crippen molar-refractivity contribution in [1.82, 2.24) is 5.32 Å². The van der Waals surface area contributed by atoms with Crippen LogP contribution in [0.5, 0.6) is 0 Å². The lowest BCUT2D eigenvalue weighted by Crippen LogP contribution is -2.54. The topological polar surface area (TPSA) is 115 Å². The normalized spacial score (nSPS) is 20.7. The highest BCUT2D eigenvalue weighted by molar-refractivity contribution is 7.89. The molecule has 15 heavy (non-hydrogen) atoms. The van der Waals surface area contributed by atoms with Crippen LogP contribution in [0.1, 0.15) is 19.8 Å². The third kappa shape index (κ3) is 3.77. The SMILES string of the molecule is CC(N)(C(=O)NCCS(N)(=O)=O)C1CC1. The highest BCUT2D eigenvalue weighted by atomic mass is 32.2. The van der Waals surface area contributed by atoms with Crippen LogP contribution in [-0.2, 0) is 14.8 Å². The second-order valence-corrected chi connectivity index (χ2v) is 5.91. The molecule has 0 aromatic heterocycles. The van der Waals surface area contributed by atoms with Crippen molar-refractivity contribution >= 4 is 15.9 Å². The van der Waals surface area contributed by atoms with Crippen LogP contribution >= 0.6 is 0 Å². The maximum atomic E-state index is 11.6. The van der Waals surface area contributed by atoms with Crippen LogP contribution in [0.3, 0.4) is 0 Å². The van der Waals surface area contributed by atoms with E-state index in [4.69, 9.17) is 10.9 Å². The van der Waals surface area contributed by atoms with Gasteiger partial charge in [-0.15, -0.1) is 0 Å². The van der Waals surface area contributed by atoms with Crippen molar-refractivity contribution in [2.24, 2.45) is 16.8 Å². The van der Waals surface area contributed by atoms with Gasteiger partial charge in [-0.05, 0) is 25.7 Å². The lowest BCUT2D eigenvalue weighted by molar-refractivity contribution is -0.126. The molecule has 0 aliphatic heterocycles. The van der Waals surface area contributed by atoms with Gasteiger partial charge < -0.3 is 11.1 Å². The zero-order chi connectivity index (χ0) is 11.7. The lowest BCUT2D eigenvalue weighted by Gasteiger charge is -2.22. The molecule has 0 bridgehead atoms. The number of hydrogen-bond donors (Lipinski definition) is 3. The number of amides is 1. The van der Waals surface area contributed by atoms with Gasteiger partial charge in [0.1, 0.15) is 0 Å². The van der Waals surface area contributed by atoms with Gasteiger partial charge in [0.2, 0.25) is 15.9 Å². The number of rotatable bonds is 5. The Morgan fingerprint density at radius 1 is 1.53 bits per heavy atom. The van der Waals surface area contributed by atoms with Gasteiger partial charge in [-0.3, -0.25) is 4.79 Å². The van der Waals surface area contributed by atoms with E-state index in [1.807, 2.05) is 0 Å². The molecule has 1 unspecified atom stereocenters. The number of sulfonamides is 1. The van der Waals surface area contributed by atoms with Gasteiger partial charge in [0.15, 0.2) is 0 Å². The van der Waals surface area contributed by atoms with E-state index >= 15 is 0 Å². The van der Waals surface area contributed by atoms with E-state index < -0.39 is 15.6 Å². The number of nitrogens with two attached hydrogens (primary N) is 2. The monoisotopic (exact) mass is 235 g/mol. The van der Waals surface area contributed by atoms with Crippen LogP contribution < -0.4 is 16.2 Å². The van der Waals surface area contributed by atoms with Gasteiger partial charge in [0.25, 0.3) is 0 Å². The molecule has 1 rings (SSSR count). The molecule has 5 N–H and O–H groups in total. The fourth-order valence-corrected chi connectivity index (χ4v) is 1.75. The zero-order valence-corrected chi connectivity index (χ0v) is 9.51. The van der Waals surface area contributed by atoms with E-state index in [0.29, 0.717) is 0 Å². The van der Waals surface area contributed by atoms with E-state index in [1.54, 1.807) is 6.92 Å². The molecule has 7 heteroatoms. The minimum atomic E-state index is -3.53. The molecule has 0 radical (unpaired) electrons. The summed E-state index contributed by atoms with van der Waals surface area (Å²) in [6.07, 6.45) is 1.91. The zero-order valence-electron chi connectivity index (χ0n) is 8.69. The Morgan fingerprint density at radius 2 is 2.07 bits per heavy atom. The fraction of sp³-hybridized carbons (Fsp3) is 0.875. The predicted octanol–water partition coefficient (Wildman–Crippen LogP) is -1.48. The molecular weight excluding hydrogens is 218 g/mol. The first-order valence-electron chi connectivity index (χ1n) is 4.81. The molecule has 1 fully saturated rings. The number of nitrogens with one attached hydrogen (secondary N) is 1. The molecule has 1 aliphatic rings. The van der Waals surface area contributed by atoms with Crippen molar-refractivity contribution in [1.29, 1.82) is 0 Å². The molecule has 1 aliphatic carbocycles. The third-order valence-corrected chi connectivity index (χ3v) is 3.36. The van der Waals surface area contributed by atoms with Crippen LogP contribution in [0.25, 0.3) is 0 Å². The molecule has 1 saturated carbocycles. The van der Waals surface area contributed by atoms with E-state index in [2.05, 4.69) is 5.32 Å². The summed E-state index contributed by atoms with van der Waals surface area (Å²) in [6.45, 7) is 1.67. The predicted molar refractivity (Wildman–Crippen MR) is 56.3 cm³/mol. The van der Waals surface area contributed by atoms with E-state index in [0.717, 1.165) is 12.8 Å². The summed E-state index contributed by atoms with van der Waals surface area (Å²) in [6, 6.07) is 0. The molecule has 6 nitrogen and oxygen atoms in total.